The largest absolute Gasteiger partial charge is 0.508 e. The van der Waals surface area contributed by atoms with Gasteiger partial charge in [0.2, 0.25) is 5.78 Å². The van der Waals surface area contributed by atoms with Gasteiger partial charge in [-0.3, -0.25) is 24.2 Å². The molecule has 0 radical (unpaired) electrons. The van der Waals surface area contributed by atoms with Crippen LogP contribution in [0.2, 0.25) is 0 Å². The molecule has 0 aromatic heterocycles. The predicted octanol–water partition coefficient (Wildman–Crippen LogP) is 1.28. The van der Waals surface area contributed by atoms with Crippen LogP contribution in [0, 0.1) is 17.7 Å². The van der Waals surface area contributed by atoms with Crippen LogP contribution in [-0.2, 0) is 27.3 Å². The number of benzene rings is 1. The molecule has 2 aliphatic carbocycles. The fourth-order valence-corrected chi connectivity index (χ4v) is 6.17. The highest BCUT2D eigenvalue weighted by molar-refractivity contribution is 6.24. The lowest BCUT2D eigenvalue weighted by Crippen LogP contribution is -2.62. The van der Waals surface area contributed by atoms with Crippen LogP contribution in [0.5, 0.6) is 5.75 Å². The predicted molar refractivity (Wildman–Crippen MR) is 136 cm³/mol. The number of nitrogens with zero attached hydrogens (tertiary/aromatic N) is 2. The number of primary amides is 1. The van der Waals surface area contributed by atoms with Gasteiger partial charge in [-0.2, -0.15) is 0 Å². The zero-order chi connectivity index (χ0) is 29.1. The van der Waals surface area contributed by atoms with Gasteiger partial charge < -0.3 is 26.2 Å². The standard InChI is InChI=1S/C27H33F2N3O7/c1-11-7-15-18(16(33)8-13(20(15)29)9-32-6-5-14(28)10-32)22(34)17(11)24(36)27(39)12(2)21(31(3)4)23(35)19(25(27)37)26(30)38/h8,11-12,14,21,33-34,37,39H,5-7,9-10H2,1-4H3,(H2,30,38)/t11-,12+,14+,21+,27+/m1/s1. The number of amides is 1. The van der Waals surface area contributed by atoms with Crippen molar-refractivity contribution < 1.29 is 43.6 Å². The van der Waals surface area contributed by atoms with Crippen molar-refractivity contribution >= 4 is 23.2 Å². The second-order valence-corrected chi connectivity index (χ2v) is 11.0. The first-order valence-corrected chi connectivity index (χ1v) is 12.7. The molecule has 10 nitrogen and oxygen atoms in total. The fourth-order valence-electron chi connectivity index (χ4n) is 6.17. The maximum absolute atomic E-state index is 15.6. The number of fused-ring (bicyclic) bond motifs is 1. The fraction of sp³-hybridized carbons (Fsp3) is 0.519. The van der Waals surface area contributed by atoms with E-state index in [2.05, 4.69) is 0 Å². The molecule has 5 atom stereocenters. The number of halogens is 2. The van der Waals surface area contributed by atoms with E-state index in [1.54, 1.807) is 4.90 Å². The van der Waals surface area contributed by atoms with Crippen molar-refractivity contribution in [2.75, 3.05) is 27.2 Å². The monoisotopic (exact) mass is 549 g/mol. The molecule has 39 heavy (non-hydrogen) atoms. The first-order chi connectivity index (χ1) is 18.1. The van der Waals surface area contributed by atoms with E-state index in [9.17, 15) is 39.2 Å². The molecule has 6 N–H and O–H groups in total. The Morgan fingerprint density at radius 1 is 1.23 bits per heavy atom. The van der Waals surface area contributed by atoms with Crippen molar-refractivity contribution in [3.63, 3.8) is 0 Å². The number of rotatable bonds is 6. The van der Waals surface area contributed by atoms with E-state index in [1.807, 2.05) is 0 Å². The van der Waals surface area contributed by atoms with E-state index >= 15 is 4.39 Å². The topological polar surface area (TPSA) is 165 Å². The highest BCUT2D eigenvalue weighted by Crippen LogP contribution is 2.46. The Hall–Kier alpha value is -3.35. The molecule has 0 bridgehead atoms. The van der Waals surface area contributed by atoms with E-state index in [0.717, 1.165) is 6.07 Å². The quantitative estimate of drug-likeness (QED) is 0.329. The number of ketones is 2. The zero-order valence-electron chi connectivity index (χ0n) is 22.2. The third-order valence-corrected chi connectivity index (χ3v) is 8.16. The average Bonchev–Trinajstić information content (AvgIpc) is 3.24. The molecule has 1 heterocycles. The van der Waals surface area contributed by atoms with Crippen molar-refractivity contribution in [3.05, 3.63) is 45.5 Å². The molecule has 12 heteroatoms. The number of carbonyl (C=O) groups is 3. The van der Waals surface area contributed by atoms with Gasteiger partial charge in [-0.1, -0.05) is 13.8 Å². The maximum Gasteiger partial charge on any atom is 0.255 e. The van der Waals surface area contributed by atoms with Crippen molar-refractivity contribution in [2.24, 2.45) is 17.6 Å². The summed E-state index contributed by atoms with van der Waals surface area (Å²) in [6.07, 6.45) is -0.853. The lowest BCUT2D eigenvalue weighted by atomic mass is 9.66. The van der Waals surface area contributed by atoms with Crippen LogP contribution < -0.4 is 5.73 Å². The minimum absolute atomic E-state index is 0.0452. The van der Waals surface area contributed by atoms with Gasteiger partial charge in [0.05, 0.1) is 11.6 Å². The third kappa shape index (κ3) is 4.40. The molecule has 1 aliphatic heterocycles. The molecule has 1 saturated heterocycles. The van der Waals surface area contributed by atoms with E-state index in [-0.39, 0.29) is 36.2 Å². The molecule has 1 amide bonds. The van der Waals surface area contributed by atoms with E-state index < -0.39 is 81.4 Å². The number of phenols is 1. The third-order valence-electron chi connectivity index (χ3n) is 8.16. The smallest absolute Gasteiger partial charge is 0.255 e. The molecule has 3 aliphatic rings. The minimum atomic E-state index is -2.84. The lowest BCUT2D eigenvalue weighted by Gasteiger charge is -2.44. The highest BCUT2D eigenvalue weighted by atomic mass is 19.1. The molecule has 0 saturated carbocycles. The number of hydrogen-bond acceptors (Lipinski definition) is 9. The number of phenolic OH excluding ortho intramolecular Hbond substituents is 1. The Labute approximate surface area is 224 Å². The Bertz CT molecular complexity index is 1320. The summed E-state index contributed by atoms with van der Waals surface area (Å²) in [5.74, 6) is -8.88. The molecule has 1 aromatic rings. The van der Waals surface area contributed by atoms with Gasteiger partial charge >= 0.3 is 0 Å². The van der Waals surface area contributed by atoms with Gasteiger partial charge in [-0.05, 0) is 38.9 Å². The number of aliphatic hydroxyl groups excluding tert-OH is 2. The van der Waals surface area contributed by atoms with Crippen molar-refractivity contribution in [2.45, 2.75) is 51.0 Å². The molecule has 1 aromatic carbocycles. The van der Waals surface area contributed by atoms with Gasteiger partial charge in [0.15, 0.2) is 11.4 Å². The summed E-state index contributed by atoms with van der Waals surface area (Å²) in [7, 11) is 2.96. The van der Waals surface area contributed by atoms with Crippen LogP contribution in [-0.4, -0.2) is 92.7 Å². The Kier molecular flexibility index (Phi) is 7.34. The molecular weight excluding hydrogens is 516 g/mol. The normalized spacial score (nSPS) is 29.8. The molecular formula is C27H33F2N3O7. The second-order valence-electron chi connectivity index (χ2n) is 11.0. The number of hydrogen-bond donors (Lipinski definition) is 5. The van der Waals surface area contributed by atoms with Crippen LogP contribution in [0.3, 0.4) is 0 Å². The van der Waals surface area contributed by atoms with E-state index in [0.29, 0.717) is 13.0 Å². The molecule has 1 fully saturated rings. The van der Waals surface area contributed by atoms with Crippen LogP contribution in [0.15, 0.2) is 23.0 Å². The SMILES string of the molecule is C[C@@H]1Cc2c(F)c(CN3CC[C@H](F)C3)cc(O)c2C(O)=C1C(=O)[C@]1(O)C(O)=C(C(N)=O)C(=O)[C@@H](N(C)C)[C@@H]1C. The lowest BCUT2D eigenvalue weighted by molar-refractivity contribution is -0.147. The summed E-state index contributed by atoms with van der Waals surface area (Å²) in [5.41, 5.74) is 0.844. The van der Waals surface area contributed by atoms with Crippen molar-refractivity contribution in [1.29, 1.82) is 0 Å². The zero-order valence-corrected chi connectivity index (χ0v) is 22.2. The van der Waals surface area contributed by atoms with Gasteiger partial charge in [0.25, 0.3) is 5.91 Å². The number of aliphatic hydroxyl groups is 3. The van der Waals surface area contributed by atoms with Crippen molar-refractivity contribution in [3.8, 4) is 5.75 Å². The molecule has 4 rings (SSSR count). The molecule has 0 unspecified atom stereocenters. The summed E-state index contributed by atoms with van der Waals surface area (Å²) in [6.45, 7) is 3.43. The number of aromatic hydroxyl groups is 1. The first-order valence-electron chi connectivity index (χ1n) is 12.7. The van der Waals surface area contributed by atoms with E-state index in [1.165, 1.54) is 32.8 Å². The van der Waals surface area contributed by atoms with Crippen LogP contribution >= 0.6 is 0 Å². The Morgan fingerprint density at radius 2 is 1.87 bits per heavy atom. The van der Waals surface area contributed by atoms with Crippen molar-refractivity contribution in [1.82, 2.24) is 9.80 Å². The van der Waals surface area contributed by atoms with Crippen LogP contribution in [0.4, 0.5) is 8.78 Å². The maximum atomic E-state index is 15.6. The van der Waals surface area contributed by atoms with Crippen LogP contribution in [0.1, 0.15) is 37.0 Å². The number of Topliss-reactive ketones (excluding diaryl/α,β-unsaturated/α-hetero) is 2. The summed E-state index contributed by atoms with van der Waals surface area (Å²) in [5, 5.41) is 44.5. The summed E-state index contributed by atoms with van der Waals surface area (Å²) < 4.78 is 29.2. The Balaban J connectivity index is 1.84. The van der Waals surface area contributed by atoms with Gasteiger partial charge in [0.1, 0.15) is 34.8 Å². The summed E-state index contributed by atoms with van der Waals surface area (Å²) in [6, 6.07) is -0.121. The summed E-state index contributed by atoms with van der Waals surface area (Å²) in [4.78, 5) is 42.0. The molecule has 212 valence electrons. The average molecular weight is 550 g/mol. The number of carbonyl (C=O) groups excluding carboxylic acids is 3. The number of alkyl halides is 1. The summed E-state index contributed by atoms with van der Waals surface area (Å²) >= 11 is 0. The van der Waals surface area contributed by atoms with Gasteiger partial charge in [0, 0.05) is 42.3 Å². The Morgan fingerprint density at radius 3 is 2.41 bits per heavy atom. The van der Waals surface area contributed by atoms with Gasteiger partial charge in [-0.25, -0.2) is 8.78 Å². The molecule has 0 spiro atoms. The number of likely N-dealkylation sites (tertiary alicyclic amines) is 1. The first kappa shape index (κ1) is 28.7. The van der Waals surface area contributed by atoms with E-state index in [4.69, 9.17) is 5.73 Å². The van der Waals surface area contributed by atoms with Gasteiger partial charge in [-0.15, -0.1) is 0 Å². The minimum Gasteiger partial charge on any atom is -0.508 e. The van der Waals surface area contributed by atoms with Crippen LogP contribution in [0.25, 0.3) is 5.76 Å². The second kappa shape index (κ2) is 10.00. The highest BCUT2D eigenvalue weighted by Gasteiger charge is 2.59. The number of likely N-dealkylation sites (N-methyl/N-ethyl adjacent to an activating group) is 1. The number of nitrogens with two attached hydrogens (primary N) is 1.